The number of fused-ring (bicyclic) bond motifs is 1. The van der Waals surface area contributed by atoms with E-state index >= 15 is 0 Å². The van der Waals surface area contributed by atoms with Crippen LogP contribution in [0.1, 0.15) is 0 Å². The number of aromatic nitrogens is 2. The van der Waals surface area contributed by atoms with Crippen LogP contribution in [0.4, 0.5) is 5.69 Å². The molecule has 0 bridgehead atoms. The first-order chi connectivity index (χ1) is 5.70. The highest BCUT2D eigenvalue weighted by Gasteiger charge is 2.13. The van der Waals surface area contributed by atoms with Crippen molar-refractivity contribution in [3.8, 4) is 11.5 Å². The van der Waals surface area contributed by atoms with Gasteiger partial charge in [-0.1, -0.05) is 0 Å². The lowest BCUT2D eigenvalue weighted by atomic mass is 10.2. The monoisotopic (exact) mass is 167 g/mol. The number of hydrogen-bond acceptors (Lipinski definition) is 6. The normalized spacial score (nSPS) is 10.7. The van der Waals surface area contributed by atoms with Crippen LogP contribution in [0.3, 0.4) is 0 Å². The lowest BCUT2D eigenvalue weighted by Gasteiger charge is -1.97. The average Bonchev–Trinajstić information content (AvgIpc) is 2.48. The summed E-state index contributed by atoms with van der Waals surface area (Å²) >= 11 is 0. The zero-order valence-electron chi connectivity index (χ0n) is 5.85. The van der Waals surface area contributed by atoms with Gasteiger partial charge in [-0.2, -0.15) is 0 Å². The summed E-state index contributed by atoms with van der Waals surface area (Å²) in [7, 11) is 0. The molecule has 0 fully saturated rings. The minimum atomic E-state index is -0.232. The molecule has 0 aliphatic carbocycles. The largest absolute Gasteiger partial charge is 0.505 e. The lowest BCUT2D eigenvalue weighted by Crippen LogP contribution is -1.86. The van der Waals surface area contributed by atoms with Gasteiger partial charge in [0.1, 0.15) is 5.75 Å². The number of rotatable bonds is 0. The maximum absolute atomic E-state index is 9.27. The Morgan fingerprint density at radius 2 is 1.92 bits per heavy atom. The fourth-order valence-corrected chi connectivity index (χ4v) is 0.933. The number of benzene rings is 1. The van der Waals surface area contributed by atoms with Crippen LogP contribution in [0.2, 0.25) is 0 Å². The lowest BCUT2D eigenvalue weighted by molar-refractivity contribution is 0.313. The van der Waals surface area contributed by atoms with E-state index in [1.54, 1.807) is 0 Å². The third-order valence-corrected chi connectivity index (χ3v) is 1.52. The van der Waals surface area contributed by atoms with Crippen LogP contribution >= 0.6 is 0 Å². The molecule has 0 saturated carbocycles. The Balaban J connectivity index is 2.97. The van der Waals surface area contributed by atoms with Crippen LogP contribution in [0.25, 0.3) is 11.0 Å². The number of phenols is 2. The van der Waals surface area contributed by atoms with Crippen LogP contribution in [-0.4, -0.2) is 20.5 Å². The highest BCUT2D eigenvalue weighted by Crippen LogP contribution is 2.34. The number of hydrogen-bond donors (Lipinski definition) is 3. The van der Waals surface area contributed by atoms with Crippen molar-refractivity contribution in [2.75, 3.05) is 5.73 Å². The molecule has 1 aromatic heterocycles. The highest BCUT2D eigenvalue weighted by molar-refractivity contribution is 5.90. The third kappa shape index (κ3) is 0.685. The molecule has 0 aliphatic heterocycles. The second-order valence-electron chi connectivity index (χ2n) is 2.29. The van der Waals surface area contributed by atoms with Crippen LogP contribution < -0.4 is 5.73 Å². The number of aromatic hydroxyl groups is 2. The summed E-state index contributed by atoms with van der Waals surface area (Å²) in [5.74, 6) is -0.398. The standard InChI is InChI=1S/C6H5N3O3/c7-2-1-3(10)4-5(6(2)11)9-12-8-4/h1,10-11H,7H2. The summed E-state index contributed by atoms with van der Waals surface area (Å²) in [5.41, 5.74) is 5.53. The summed E-state index contributed by atoms with van der Waals surface area (Å²) in [4.78, 5) is 0. The van der Waals surface area contributed by atoms with Crippen molar-refractivity contribution in [3.05, 3.63) is 6.07 Å². The molecule has 2 aromatic rings. The molecule has 0 aliphatic rings. The fraction of sp³-hybridized carbons (Fsp3) is 0. The summed E-state index contributed by atoms with van der Waals surface area (Å²) in [6.07, 6.45) is 0. The first kappa shape index (κ1) is 6.71. The van der Waals surface area contributed by atoms with Crippen molar-refractivity contribution < 1.29 is 14.8 Å². The Labute approximate surface area is 66.2 Å². The van der Waals surface area contributed by atoms with Crippen molar-refractivity contribution in [2.24, 2.45) is 0 Å². The Morgan fingerprint density at radius 1 is 1.25 bits per heavy atom. The molecule has 0 spiro atoms. The first-order valence-corrected chi connectivity index (χ1v) is 3.13. The molecule has 4 N–H and O–H groups in total. The van der Waals surface area contributed by atoms with Gasteiger partial charge >= 0.3 is 0 Å². The van der Waals surface area contributed by atoms with E-state index in [0.29, 0.717) is 0 Å². The van der Waals surface area contributed by atoms with Gasteiger partial charge in [0.25, 0.3) is 0 Å². The average molecular weight is 167 g/mol. The van der Waals surface area contributed by atoms with E-state index in [-0.39, 0.29) is 28.2 Å². The van der Waals surface area contributed by atoms with Crippen molar-refractivity contribution in [3.63, 3.8) is 0 Å². The molecule has 1 aromatic carbocycles. The van der Waals surface area contributed by atoms with Crippen molar-refractivity contribution >= 4 is 16.7 Å². The van der Waals surface area contributed by atoms with E-state index in [4.69, 9.17) is 5.73 Å². The van der Waals surface area contributed by atoms with Crippen LogP contribution in [0.5, 0.6) is 11.5 Å². The fourth-order valence-electron chi connectivity index (χ4n) is 0.933. The van der Waals surface area contributed by atoms with Gasteiger partial charge in [0.05, 0.1) is 5.69 Å². The molecule has 2 rings (SSSR count). The van der Waals surface area contributed by atoms with Crippen molar-refractivity contribution in [1.29, 1.82) is 0 Å². The molecule has 6 nitrogen and oxygen atoms in total. The van der Waals surface area contributed by atoms with E-state index in [1.807, 2.05) is 0 Å². The number of nitrogen functional groups attached to an aromatic ring is 1. The summed E-state index contributed by atoms with van der Waals surface area (Å²) in [6, 6.07) is 1.18. The van der Waals surface area contributed by atoms with E-state index in [9.17, 15) is 10.2 Å². The predicted molar refractivity (Wildman–Crippen MR) is 39.5 cm³/mol. The molecule has 62 valence electrons. The Hall–Kier alpha value is -1.98. The molecule has 1 heterocycles. The Bertz CT molecular complexity index is 437. The SMILES string of the molecule is Nc1cc(O)c2nonc2c1O. The number of nitrogens with two attached hydrogens (primary N) is 1. The Morgan fingerprint density at radius 3 is 2.67 bits per heavy atom. The minimum absolute atomic E-state index is 0.0377. The summed E-state index contributed by atoms with van der Waals surface area (Å²) in [6.45, 7) is 0. The van der Waals surface area contributed by atoms with Gasteiger partial charge in [0.2, 0.25) is 0 Å². The Kier molecular flexibility index (Phi) is 1.12. The summed E-state index contributed by atoms with van der Waals surface area (Å²) in [5, 5.41) is 25.2. The van der Waals surface area contributed by atoms with E-state index < -0.39 is 0 Å². The predicted octanol–water partition coefficient (Wildman–Crippen LogP) is 0.216. The second-order valence-corrected chi connectivity index (χ2v) is 2.29. The van der Waals surface area contributed by atoms with Gasteiger partial charge in [-0.25, -0.2) is 4.63 Å². The van der Waals surface area contributed by atoms with Crippen molar-refractivity contribution in [1.82, 2.24) is 10.3 Å². The van der Waals surface area contributed by atoms with Gasteiger partial charge in [-0.3, -0.25) is 0 Å². The number of phenolic OH excluding ortho intramolecular Hbond substituents is 2. The van der Waals surface area contributed by atoms with E-state index in [0.717, 1.165) is 0 Å². The summed E-state index contributed by atoms with van der Waals surface area (Å²) < 4.78 is 4.31. The maximum atomic E-state index is 9.27. The zero-order valence-corrected chi connectivity index (χ0v) is 5.85. The zero-order chi connectivity index (χ0) is 8.72. The number of nitrogens with zero attached hydrogens (tertiary/aromatic N) is 2. The first-order valence-electron chi connectivity index (χ1n) is 3.13. The van der Waals surface area contributed by atoms with E-state index in [1.165, 1.54) is 6.07 Å². The van der Waals surface area contributed by atoms with Crippen LogP contribution in [0, 0.1) is 0 Å². The molecular formula is C6H5N3O3. The van der Waals surface area contributed by atoms with Crippen molar-refractivity contribution in [2.45, 2.75) is 0 Å². The number of anilines is 1. The molecule has 0 amide bonds. The quantitative estimate of drug-likeness (QED) is 0.294. The third-order valence-electron chi connectivity index (χ3n) is 1.52. The van der Waals surface area contributed by atoms with Gasteiger partial charge in [0, 0.05) is 6.07 Å². The van der Waals surface area contributed by atoms with Gasteiger partial charge in [0.15, 0.2) is 16.8 Å². The molecular weight excluding hydrogens is 162 g/mol. The molecule has 0 saturated heterocycles. The molecule has 0 unspecified atom stereocenters. The van der Waals surface area contributed by atoms with Gasteiger partial charge in [-0.05, 0) is 10.3 Å². The van der Waals surface area contributed by atoms with E-state index in [2.05, 4.69) is 14.9 Å². The highest BCUT2D eigenvalue weighted by atomic mass is 16.6. The topological polar surface area (TPSA) is 105 Å². The molecule has 0 radical (unpaired) electrons. The maximum Gasteiger partial charge on any atom is 0.182 e. The molecule has 0 atom stereocenters. The minimum Gasteiger partial charge on any atom is -0.505 e. The van der Waals surface area contributed by atoms with Crippen LogP contribution in [-0.2, 0) is 0 Å². The van der Waals surface area contributed by atoms with Gasteiger partial charge < -0.3 is 15.9 Å². The smallest absolute Gasteiger partial charge is 0.182 e. The second kappa shape index (κ2) is 2.00. The van der Waals surface area contributed by atoms with Crippen LogP contribution in [0.15, 0.2) is 10.7 Å². The van der Waals surface area contributed by atoms with Gasteiger partial charge in [-0.15, -0.1) is 0 Å². The molecule has 6 heteroatoms. The molecule has 12 heavy (non-hydrogen) atoms.